The summed E-state index contributed by atoms with van der Waals surface area (Å²) in [4.78, 5) is 34.8. The number of hydrogen-bond donors (Lipinski definition) is 2. The second-order valence-electron chi connectivity index (χ2n) is 8.51. The van der Waals surface area contributed by atoms with Gasteiger partial charge in [-0.3, -0.25) is 14.8 Å². The quantitative estimate of drug-likeness (QED) is 0.382. The van der Waals surface area contributed by atoms with E-state index in [-0.39, 0.29) is 5.91 Å². The summed E-state index contributed by atoms with van der Waals surface area (Å²) in [5.74, 6) is 0.179. The Morgan fingerprint density at radius 3 is 2.53 bits per heavy atom. The number of amides is 1. The molecule has 0 aliphatic carbocycles. The van der Waals surface area contributed by atoms with Crippen molar-refractivity contribution in [3.05, 3.63) is 73.7 Å². The second kappa shape index (κ2) is 10.5. The lowest BCUT2D eigenvalue weighted by atomic mass is 10.1. The van der Waals surface area contributed by atoms with Crippen molar-refractivity contribution < 1.29 is 4.79 Å². The molecule has 0 spiro atoms. The molecular weight excluding hydrogens is 452 g/mol. The lowest BCUT2D eigenvalue weighted by molar-refractivity contribution is -0.111. The number of carbonyl (C=O) groups excluding carboxylic acids is 1. The summed E-state index contributed by atoms with van der Waals surface area (Å²) < 4.78 is 0. The summed E-state index contributed by atoms with van der Waals surface area (Å²) in [5.41, 5.74) is 4.60. The number of fused-ring (bicyclic) bond motifs is 1. The summed E-state index contributed by atoms with van der Waals surface area (Å²) in [6, 6.07) is 13.7. The van der Waals surface area contributed by atoms with E-state index in [1.165, 1.54) is 11.8 Å². The van der Waals surface area contributed by atoms with Crippen LogP contribution in [0.1, 0.15) is 6.92 Å². The Labute approximate surface area is 209 Å². The summed E-state index contributed by atoms with van der Waals surface area (Å²) in [6.45, 7) is 11.1. The van der Waals surface area contributed by atoms with E-state index >= 15 is 0 Å². The maximum atomic E-state index is 11.7. The normalized spacial score (nSPS) is 14.0. The molecule has 4 aromatic rings. The molecule has 9 heteroatoms. The van der Waals surface area contributed by atoms with E-state index in [0.717, 1.165) is 43.8 Å². The van der Waals surface area contributed by atoms with Crippen LogP contribution in [0.3, 0.4) is 0 Å². The third-order valence-corrected chi connectivity index (χ3v) is 6.26. The zero-order valence-electron chi connectivity index (χ0n) is 20.2. The highest BCUT2D eigenvalue weighted by atomic mass is 16.1. The molecule has 1 aliphatic rings. The SMILES string of the molecule is C=CC(=O)Nc1ccnc(-c2nccc3cnc(Nc4ccc(N5CCN(CC)CC5)cc4)nc23)c1. The Bertz CT molecular complexity index is 1380. The number of likely N-dealkylation sites (N-methyl/N-ethyl adjacent to an activating group) is 1. The highest BCUT2D eigenvalue weighted by molar-refractivity contribution is 5.99. The first kappa shape index (κ1) is 23.4. The monoisotopic (exact) mass is 480 g/mol. The van der Waals surface area contributed by atoms with Crippen LogP contribution in [-0.2, 0) is 4.79 Å². The van der Waals surface area contributed by atoms with Crippen LogP contribution in [0, 0.1) is 0 Å². The molecule has 1 saturated heterocycles. The molecule has 0 radical (unpaired) electrons. The molecule has 9 nitrogen and oxygen atoms in total. The molecule has 36 heavy (non-hydrogen) atoms. The maximum absolute atomic E-state index is 11.7. The van der Waals surface area contributed by atoms with Gasteiger partial charge in [-0.2, -0.15) is 0 Å². The zero-order valence-corrected chi connectivity index (χ0v) is 20.2. The predicted octanol–water partition coefficient (Wildman–Crippen LogP) is 4.10. The van der Waals surface area contributed by atoms with E-state index in [2.05, 4.69) is 61.0 Å². The van der Waals surface area contributed by atoms with Crippen LogP contribution in [0.5, 0.6) is 0 Å². The third kappa shape index (κ3) is 5.16. The van der Waals surface area contributed by atoms with E-state index < -0.39 is 0 Å². The van der Waals surface area contributed by atoms with E-state index in [0.29, 0.717) is 28.5 Å². The predicted molar refractivity (Wildman–Crippen MR) is 143 cm³/mol. The van der Waals surface area contributed by atoms with Gasteiger partial charge in [0, 0.05) is 67.2 Å². The number of piperazine rings is 1. The van der Waals surface area contributed by atoms with E-state index in [9.17, 15) is 4.79 Å². The van der Waals surface area contributed by atoms with Gasteiger partial charge in [-0.25, -0.2) is 9.97 Å². The van der Waals surface area contributed by atoms with Crippen LogP contribution in [0.15, 0.2) is 73.7 Å². The minimum atomic E-state index is -0.291. The molecule has 0 bridgehead atoms. The van der Waals surface area contributed by atoms with Gasteiger partial charge in [0.15, 0.2) is 0 Å². The van der Waals surface area contributed by atoms with Gasteiger partial charge in [-0.15, -0.1) is 0 Å². The first-order valence-electron chi connectivity index (χ1n) is 12.0. The Morgan fingerprint density at radius 1 is 1.00 bits per heavy atom. The fraction of sp³-hybridized carbons (Fsp3) is 0.222. The van der Waals surface area contributed by atoms with Gasteiger partial charge in [0.2, 0.25) is 11.9 Å². The van der Waals surface area contributed by atoms with Gasteiger partial charge in [0.1, 0.15) is 11.2 Å². The number of anilines is 4. The van der Waals surface area contributed by atoms with Crippen molar-refractivity contribution in [2.24, 2.45) is 0 Å². The van der Waals surface area contributed by atoms with Gasteiger partial charge in [0.25, 0.3) is 0 Å². The molecule has 182 valence electrons. The van der Waals surface area contributed by atoms with Gasteiger partial charge < -0.3 is 20.4 Å². The van der Waals surface area contributed by atoms with Gasteiger partial charge in [-0.05, 0) is 55.1 Å². The molecule has 4 heterocycles. The molecule has 1 aromatic carbocycles. The van der Waals surface area contributed by atoms with Crippen molar-refractivity contribution in [1.29, 1.82) is 0 Å². The number of pyridine rings is 2. The first-order chi connectivity index (χ1) is 17.6. The molecule has 3 aromatic heterocycles. The third-order valence-electron chi connectivity index (χ3n) is 6.26. The van der Waals surface area contributed by atoms with Gasteiger partial charge in [-0.1, -0.05) is 13.5 Å². The van der Waals surface area contributed by atoms with Crippen molar-refractivity contribution in [3.63, 3.8) is 0 Å². The molecule has 1 fully saturated rings. The minimum absolute atomic E-state index is 0.291. The molecule has 1 amide bonds. The van der Waals surface area contributed by atoms with Crippen LogP contribution in [0.4, 0.5) is 23.0 Å². The zero-order chi connectivity index (χ0) is 24.9. The fourth-order valence-corrected chi connectivity index (χ4v) is 4.24. The Hall–Kier alpha value is -4.37. The maximum Gasteiger partial charge on any atom is 0.247 e. The number of benzene rings is 1. The van der Waals surface area contributed by atoms with Crippen LogP contribution in [0.25, 0.3) is 22.3 Å². The molecule has 1 aliphatic heterocycles. The molecule has 0 unspecified atom stereocenters. The molecular formula is C27H28N8O. The molecule has 5 rings (SSSR count). The number of nitrogens with one attached hydrogen (secondary N) is 2. The van der Waals surface area contributed by atoms with Crippen LogP contribution >= 0.6 is 0 Å². The van der Waals surface area contributed by atoms with Crippen molar-refractivity contribution >= 4 is 39.8 Å². The van der Waals surface area contributed by atoms with Crippen molar-refractivity contribution in [2.75, 3.05) is 48.3 Å². The minimum Gasteiger partial charge on any atom is -0.369 e. The molecule has 0 saturated carbocycles. The molecule has 2 N–H and O–H groups in total. The topological polar surface area (TPSA) is 99.2 Å². The standard InChI is InChI=1S/C27H28N8O/c1-3-24(36)31-21-10-12-28-23(17-21)26-25-19(9-11-29-26)18-30-27(33-25)32-20-5-7-22(8-6-20)35-15-13-34(4-2)14-16-35/h3,5-12,17-18H,1,4,13-16H2,2H3,(H,28,31,36)(H,30,32,33). The van der Waals surface area contributed by atoms with E-state index in [1.807, 2.05) is 18.2 Å². The number of carbonyl (C=O) groups is 1. The Balaban J connectivity index is 1.37. The van der Waals surface area contributed by atoms with Gasteiger partial charge >= 0.3 is 0 Å². The van der Waals surface area contributed by atoms with Crippen molar-refractivity contribution in [3.8, 4) is 11.4 Å². The van der Waals surface area contributed by atoms with Crippen LogP contribution < -0.4 is 15.5 Å². The number of rotatable bonds is 7. The Kier molecular flexibility index (Phi) is 6.81. The van der Waals surface area contributed by atoms with Crippen LogP contribution in [-0.4, -0.2) is 63.5 Å². The first-order valence-corrected chi connectivity index (χ1v) is 12.0. The summed E-state index contributed by atoms with van der Waals surface area (Å²) in [6.07, 6.45) is 6.31. The average Bonchev–Trinajstić information content (AvgIpc) is 2.93. The summed E-state index contributed by atoms with van der Waals surface area (Å²) in [7, 11) is 0. The Morgan fingerprint density at radius 2 is 1.78 bits per heavy atom. The van der Waals surface area contributed by atoms with E-state index in [4.69, 9.17) is 4.98 Å². The largest absolute Gasteiger partial charge is 0.369 e. The number of hydrogen-bond acceptors (Lipinski definition) is 8. The van der Waals surface area contributed by atoms with Crippen molar-refractivity contribution in [2.45, 2.75) is 6.92 Å². The summed E-state index contributed by atoms with van der Waals surface area (Å²) >= 11 is 0. The fourth-order valence-electron chi connectivity index (χ4n) is 4.24. The number of nitrogens with zero attached hydrogens (tertiary/aromatic N) is 6. The van der Waals surface area contributed by atoms with Gasteiger partial charge in [0.05, 0.1) is 5.69 Å². The lowest BCUT2D eigenvalue weighted by Crippen LogP contribution is -2.46. The average molecular weight is 481 g/mol. The van der Waals surface area contributed by atoms with Crippen molar-refractivity contribution in [1.82, 2.24) is 24.8 Å². The highest BCUT2D eigenvalue weighted by Crippen LogP contribution is 2.27. The van der Waals surface area contributed by atoms with Crippen LogP contribution in [0.2, 0.25) is 0 Å². The molecule has 0 atom stereocenters. The second-order valence-corrected chi connectivity index (χ2v) is 8.51. The number of aromatic nitrogens is 4. The smallest absolute Gasteiger partial charge is 0.247 e. The summed E-state index contributed by atoms with van der Waals surface area (Å²) in [5, 5.41) is 6.89. The lowest BCUT2D eigenvalue weighted by Gasteiger charge is -2.35. The van der Waals surface area contributed by atoms with E-state index in [1.54, 1.807) is 30.7 Å². The highest BCUT2D eigenvalue weighted by Gasteiger charge is 2.16.